The highest BCUT2D eigenvalue weighted by molar-refractivity contribution is 5.93. The number of hydrogen-bond donors (Lipinski definition) is 2. The first-order valence-corrected chi connectivity index (χ1v) is 11.6. The maximum Gasteiger partial charge on any atom is 0.490 e. The maximum absolute atomic E-state index is 14.9. The Morgan fingerprint density at radius 3 is 1.95 bits per heavy atom. The molecule has 38 heavy (non-hydrogen) atoms. The van der Waals surface area contributed by atoms with E-state index >= 15 is 0 Å². The minimum Gasteiger partial charge on any atom is -0.475 e. The Bertz CT molecular complexity index is 1130. The average molecular weight is 543 g/mol. The molecular formula is C25H30F4N4O5. The van der Waals surface area contributed by atoms with E-state index < -0.39 is 18.0 Å². The van der Waals surface area contributed by atoms with E-state index in [1.807, 2.05) is 0 Å². The summed E-state index contributed by atoms with van der Waals surface area (Å²) >= 11 is 0. The van der Waals surface area contributed by atoms with Crippen molar-refractivity contribution in [1.82, 2.24) is 14.8 Å². The maximum atomic E-state index is 14.9. The van der Waals surface area contributed by atoms with Crippen molar-refractivity contribution in [3.05, 3.63) is 48.0 Å². The fourth-order valence-corrected chi connectivity index (χ4v) is 3.82. The molecule has 1 aromatic carbocycles. The molecule has 0 spiro atoms. The van der Waals surface area contributed by atoms with Crippen LogP contribution >= 0.6 is 0 Å². The SMILES string of the molecule is CN(C)C(=O)c1ccc(-c2ccc(N(C)C(=O)N(C)C3CCC(O)CC3)c(F)c2)cn1.O=C(O)C(F)(F)F. The lowest BCUT2D eigenvalue weighted by Gasteiger charge is -2.35. The molecule has 1 heterocycles. The number of hydrogen-bond acceptors (Lipinski definition) is 5. The second-order valence-electron chi connectivity index (χ2n) is 9.02. The van der Waals surface area contributed by atoms with Gasteiger partial charge >= 0.3 is 18.2 Å². The van der Waals surface area contributed by atoms with Gasteiger partial charge < -0.3 is 20.0 Å². The number of aliphatic hydroxyl groups is 1. The minimum absolute atomic E-state index is 0.0372. The van der Waals surface area contributed by atoms with E-state index in [2.05, 4.69) is 4.98 Å². The van der Waals surface area contributed by atoms with Crippen molar-refractivity contribution in [2.24, 2.45) is 0 Å². The molecule has 0 atom stereocenters. The quantitative estimate of drug-likeness (QED) is 0.565. The number of carboxylic acids is 1. The normalized spacial score (nSPS) is 17.1. The van der Waals surface area contributed by atoms with Crippen molar-refractivity contribution in [1.29, 1.82) is 0 Å². The lowest BCUT2D eigenvalue weighted by Crippen LogP contribution is -2.46. The molecule has 1 aliphatic carbocycles. The molecule has 3 amide bonds. The smallest absolute Gasteiger partial charge is 0.475 e. The predicted molar refractivity (Wildman–Crippen MR) is 131 cm³/mol. The van der Waals surface area contributed by atoms with Gasteiger partial charge in [-0.15, -0.1) is 0 Å². The van der Waals surface area contributed by atoms with E-state index in [-0.39, 0.29) is 29.8 Å². The van der Waals surface area contributed by atoms with Crippen LogP contribution in [0.15, 0.2) is 36.5 Å². The van der Waals surface area contributed by atoms with Gasteiger partial charge in [-0.05, 0) is 49.4 Å². The predicted octanol–water partition coefficient (Wildman–Crippen LogP) is 4.01. The number of halogens is 4. The second kappa shape index (κ2) is 12.7. The van der Waals surface area contributed by atoms with Gasteiger partial charge in [0.05, 0.1) is 11.8 Å². The lowest BCUT2D eigenvalue weighted by molar-refractivity contribution is -0.192. The van der Waals surface area contributed by atoms with Crippen LogP contribution in [0.2, 0.25) is 0 Å². The zero-order chi connectivity index (χ0) is 28.8. The summed E-state index contributed by atoms with van der Waals surface area (Å²) in [4.78, 5) is 42.3. The number of alkyl halides is 3. The van der Waals surface area contributed by atoms with Gasteiger partial charge in [0, 0.05) is 46.0 Å². The van der Waals surface area contributed by atoms with Crippen LogP contribution in [0.3, 0.4) is 0 Å². The molecule has 1 aliphatic rings. The molecule has 0 radical (unpaired) electrons. The van der Waals surface area contributed by atoms with Gasteiger partial charge in [0.2, 0.25) is 0 Å². The molecule has 3 rings (SSSR count). The molecule has 208 valence electrons. The van der Waals surface area contributed by atoms with Crippen LogP contribution in [0.5, 0.6) is 0 Å². The topological polar surface area (TPSA) is 114 Å². The number of urea groups is 1. The van der Waals surface area contributed by atoms with Crippen LogP contribution in [-0.2, 0) is 4.79 Å². The molecule has 1 saturated carbocycles. The molecule has 1 fully saturated rings. The highest BCUT2D eigenvalue weighted by Gasteiger charge is 2.38. The molecule has 9 nitrogen and oxygen atoms in total. The second-order valence-corrected chi connectivity index (χ2v) is 9.02. The Kier molecular flexibility index (Phi) is 10.2. The Labute approximate surface area is 217 Å². The third-order valence-electron chi connectivity index (χ3n) is 6.08. The van der Waals surface area contributed by atoms with Gasteiger partial charge in [0.15, 0.2) is 0 Å². The molecule has 0 aliphatic heterocycles. The fraction of sp³-hybridized carbons (Fsp3) is 0.440. The molecule has 0 unspecified atom stereocenters. The third-order valence-corrected chi connectivity index (χ3v) is 6.08. The van der Waals surface area contributed by atoms with Crippen LogP contribution in [0.25, 0.3) is 11.1 Å². The number of benzene rings is 1. The Balaban J connectivity index is 0.000000638. The Morgan fingerprint density at radius 2 is 1.50 bits per heavy atom. The number of rotatable bonds is 4. The van der Waals surface area contributed by atoms with E-state index in [0.717, 1.165) is 12.8 Å². The van der Waals surface area contributed by atoms with E-state index in [9.17, 15) is 32.3 Å². The largest absolute Gasteiger partial charge is 0.490 e. The number of nitrogens with zero attached hydrogens (tertiary/aromatic N) is 4. The van der Waals surface area contributed by atoms with Crippen molar-refractivity contribution in [3.8, 4) is 11.1 Å². The van der Waals surface area contributed by atoms with Crippen LogP contribution in [-0.4, -0.2) is 89.4 Å². The number of aliphatic carboxylic acids is 1. The number of amides is 3. The first-order valence-electron chi connectivity index (χ1n) is 11.6. The fourth-order valence-electron chi connectivity index (χ4n) is 3.82. The summed E-state index contributed by atoms with van der Waals surface area (Å²) in [6, 6.07) is 7.73. The van der Waals surface area contributed by atoms with Gasteiger partial charge in [0.25, 0.3) is 5.91 Å². The lowest BCUT2D eigenvalue weighted by atomic mass is 9.92. The monoisotopic (exact) mass is 542 g/mol. The number of carbonyl (C=O) groups excluding carboxylic acids is 2. The zero-order valence-corrected chi connectivity index (χ0v) is 21.4. The molecular weight excluding hydrogens is 512 g/mol. The van der Waals surface area contributed by atoms with Crippen molar-refractivity contribution in [2.45, 2.75) is 44.0 Å². The van der Waals surface area contributed by atoms with Crippen molar-refractivity contribution in [3.63, 3.8) is 0 Å². The highest BCUT2D eigenvalue weighted by atomic mass is 19.4. The third kappa shape index (κ3) is 7.88. The number of anilines is 1. The number of aliphatic hydroxyl groups excluding tert-OH is 1. The van der Waals surface area contributed by atoms with Gasteiger partial charge in [-0.2, -0.15) is 13.2 Å². The molecule has 1 aromatic heterocycles. The minimum atomic E-state index is -5.08. The number of pyridine rings is 1. The van der Waals surface area contributed by atoms with Crippen LogP contribution in [0.4, 0.5) is 28.0 Å². The Morgan fingerprint density at radius 1 is 0.947 bits per heavy atom. The van der Waals surface area contributed by atoms with Gasteiger partial charge in [-0.1, -0.05) is 12.1 Å². The van der Waals surface area contributed by atoms with Gasteiger partial charge in [-0.25, -0.2) is 14.0 Å². The average Bonchev–Trinajstić information content (AvgIpc) is 2.87. The van der Waals surface area contributed by atoms with Gasteiger partial charge in [0.1, 0.15) is 11.5 Å². The summed E-state index contributed by atoms with van der Waals surface area (Å²) in [7, 11) is 6.57. The van der Waals surface area contributed by atoms with Crippen LogP contribution < -0.4 is 4.90 Å². The molecule has 2 N–H and O–H groups in total. The first-order chi connectivity index (χ1) is 17.6. The highest BCUT2D eigenvalue weighted by Crippen LogP contribution is 2.28. The number of aromatic nitrogens is 1. The van der Waals surface area contributed by atoms with Crippen molar-refractivity contribution in [2.75, 3.05) is 33.1 Å². The summed E-state index contributed by atoms with van der Waals surface area (Å²) in [5, 5.41) is 16.8. The van der Waals surface area contributed by atoms with E-state index in [0.29, 0.717) is 29.7 Å². The first kappa shape index (κ1) is 30.5. The summed E-state index contributed by atoms with van der Waals surface area (Å²) in [5.41, 5.74) is 1.78. The summed E-state index contributed by atoms with van der Waals surface area (Å²) in [6.07, 6.45) is -1.04. The zero-order valence-electron chi connectivity index (χ0n) is 21.4. The number of carbonyl (C=O) groups is 3. The van der Waals surface area contributed by atoms with E-state index in [1.165, 1.54) is 22.1 Å². The standard InChI is InChI=1S/C23H29FN4O3.C2HF3O2/c1-26(2)22(30)20-11-5-16(14-25-20)15-6-12-21(19(24)13-15)28(4)23(31)27(3)17-7-9-18(29)10-8-17;3-2(4,5)1(6)7/h5-6,11-14,17-18,29H,7-10H2,1-4H3;(H,6,7). The molecule has 2 aromatic rings. The van der Waals surface area contributed by atoms with E-state index in [1.54, 1.807) is 57.4 Å². The summed E-state index contributed by atoms with van der Waals surface area (Å²) < 4.78 is 46.6. The van der Waals surface area contributed by atoms with E-state index in [4.69, 9.17) is 9.90 Å². The molecule has 0 bridgehead atoms. The van der Waals surface area contributed by atoms with Crippen molar-refractivity contribution < 1.29 is 42.2 Å². The molecule has 0 saturated heterocycles. The van der Waals surface area contributed by atoms with Crippen LogP contribution in [0.1, 0.15) is 36.2 Å². The van der Waals surface area contributed by atoms with Crippen molar-refractivity contribution >= 4 is 23.6 Å². The summed E-state index contributed by atoms with van der Waals surface area (Å²) in [6.45, 7) is 0. The number of carboxylic acid groups (broad SMARTS) is 1. The van der Waals surface area contributed by atoms with Crippen LogP contribution in [0, 0.1) is 5.82 Å². The Hall–Kier alpha value is -3.74. The van der Waals surface area contributed by atoms with Gasteiger partial charge in [-0.3, -0.25) is 14.7 Å². The summed E-state index contributed by atoms with van der Waals surface area (Å²) in [5.74, 6) is -3.48. The molecule has 13 heteroatoms.